The summed E-state index contributed by atoms with van der Waals surface area (Å²) in [6.07, 6.45) is 1.05. The lowest BCUT2D eigenvalue weighted by Gasteiger charge is -2.18. The van der Waals surface area contributed by atoms with Crippen molar-refractivity contribution in [3.8, 4) is 0 Å². The molecule has 1 amide bonds. The Labute approximate surface area is 113 Å². The standard InChI is InChI=1S/C14H20N4O/c1-18(2)10-13(19)17-12-7-4-3-6-11(12)14-15-8-5-9-16-14/h3-4,6-7H,5,8-10H2,1-2H3,(H,15,16)(H,17,19). The van der Waals surface area contributed by atoms with Crippen LogP contribution in [-0.4, -0.2) is 50.4 Å². The smallest absolute Gasteiger partial charge is 0.238 e. The van der Waals surface area contributed by atoms with Crippen molar-refractivity contribution in [1.29, 1.82) is 0 Å². The summed E-state index contributed by atoms with van der Waals surface area (Å²) < 4.78 is 0. The number of hydrogen-bond acceptors (Lipinski definition) is 4. The van der Waals surface area contributed by atoms with Crippen LogP contribution in [0.1, 0.15) is 12.0 Å². The summed E-state index contributed by atoms with van der Waals surface area (Å²) in [4.78, 5) is 18.2. The highest BCUT2D eigenvalue weighted by molar-refractivity contribution is 6.07. The van der Waals surface area contributed by atoms with Crippen molar-refractivity contribution < 1.29 is 4.79 Å². The van der Waals surface area contributed by atoms with E-state index in [-0.39, 0.29) is 5.91 Å². The molecule has 2 N–H and O–H groups in total. The van der Waals surface area contributed by atoms with Gasteiger partial charge in [0, 0.05) is 18.7 Å². The number of carbonyl (C=O) groups excluding carboxylic acids is 1. The summed E-state index contributed by atoms with van der Waals surface area (Å²) in [7, 11) is 3.75. The van der Waals surface area contributed by atoms with E-state index in [1.165, 1.54) is 0 Å². The summed E-state index contributed by atoms with van der Waals surface area (Å²) >= 11 is 0. The van der Waals surface area contributed by atoms with Crippen molar-refractivity contribution in [3.05, 3.63) is 29.8 Å². The SMILES string of the molecule is CN(C)CC(=O)Nc1ccccc1C1=NCCCN1. The number of nitrogens with zero attached hydrogens (tertiary/aromatic N) is 2. The quantitative estimate of drug-likeness (QED) is 0.846. The predicted molar refractivity (Wildman–Crippen MR) is 77.6 cm³/mol. The Bertz CT molecular complexity index is 482. The zero-order valence-corrected chi connectivity index (χ0v) is 11.4. The van der Waals surface area contributed by atoms with E-state index in [4.69, 9.17) is 0 Å². The summed E-state index contributed by atoms with van der Waals surface area (Å²) in [5, 5.41) is 6.22. The first-order chi connectivity index (χ1) is 9.16. The van der Waals surface area contributed by atoms with Crippen LogP contribution >= 0.6 is 0 Å². The van der Waals surface area contributed by atoms with Crippen LogP contribution in [0.2, 0.25) is 0 Å². The Hall–Kier alpha value is -1.88. The van der Waals surface area contributed by atoms with Gasteiger partial charge in [-0.25, -0.2) is 0 Å². The van der Waals surface area contributed by atoms with Crippen molar-refractivity contribution in [3.63, 3.8) is 0 Å². The molecule has 0 atom stereocenters. The van der Waals surface area contributed by atoms with E-state index in [9.17, 15) is 4.79 Å². The number of benzene rings is 1. The fourth-order valence-corrected chi connectivity index (χ4v) is 1.99. The van der Waals surface area contributed by atoms with Crippen molar-refractivity contribution in [1.82, 2.24) is 10.2 Å². The maximum absolute atomic E-state index is 11.8. The van der Waals surface area contributed by atoms with E-state index in [0.717, 1.165) is 36.6 Å². The second kappa shape index (κ2) is 6.33. The second-order valence-electron chi connectivity index (χ2n) is 4.84. The molecular formula is C14H20N4O. The van der Waals surface area contributed by atoms with Gasteiger partial charge in [-0.15, -0.1) is 0 Å². The van der Waals surface area contributed by atoms with Crippen LogP contribution < -0.4 is 10.6 Å². The lowest BCUT2D eigenvalue weighted by atomic mass is 10.1. The van der Waals surface area contributed by atoms with Gasteiger partial charge < -0.3 is 15.5 Å². The van der Waals surface area contributed by atoms with Crippen LogP contribution in [0.3, 0.4) is 0 Å². The van der Waals surface area contributed by atoms with Gasteiger partial charge in [0.05, 0.1) is 12.2 Å². The number of nitrogens with one attached hydrogen (secondary N) is 2. The average Bonchev–Trinajstić information content (AvgIpc) is 2.39. The van der Waals surface area contributed by atoms with Crippen LogP contribution in [0.4, 0.5) is 5.69 Å². The van der Waals surface area contributed by atoms with Gasteiger partial charge in [0.15, 0.2) is 0 Å². The van der Waals surface area contributed by atoms with Gasteiger partial charge in [0.2, 0.25) is 5.91 Å². The molecule has 1 heterocycles. The molecule has 1 aromatic carbocycles. The molecule has 0 fully saturated rings. The number of hydrogen-bond donors (Lipinski definition) is 2. The first kappa shape index (κ1) is 13.5. The molecule has 0 saturated heterocycles. The van der Waals surface area contributed by atoms with E-state index in [1.807, 2.05) is 43.3 Å². The molecule has 102 valence electrons. The maximum atomic E-state index is 11.8. The maximum Gasteiger partial charge on any atom is 0.238 e. The minimum Gasteiger partial charge on any atom is -0.370 e. The van der Waals surface area contributed by atoms with E-state index in [2.05, 4.69) is 15.6 Å². The van der Waals surface area contributed by atoms with Gasteiger partial charge >= 0.3 is 0 Å². The predicted octanol–water partition coefficient (Wildman–Crippen LogP) is 0.927. The highest BCUT2D eigenvalue weighted by Crippen LogP contribution is 2.16. The zero-order valence-electron chi connectivity index (χ0n) is 11.4. The minimum absolute atomic E-state index is 0.0196. The second-order valence-corrected chi connectivity index (χ2v) is 4.84. The van der Waals surface area contributed by atoms with Crippen molar-refractivity contribution in [2.45, 2.75) is 6.42 Å². The number of amides is 1. The number of amidine groups is 1. The molecule has 0 spiro atoms. The molecule has 2 rings (SSSR count). The molecule has 0 aliphatic carbocycles. The lowest BCUT2D eigenvalue weighted by Crippen LogP contribution is -2.32. The van der Waals surface area contributed by atoms with Crippen LogP contribution in [0.5, 0.6) is 0 Å². The van der Waals surface area contributed by atoms with Crippen LogP contribution in [0.15, 0.2) is 29.3 Å². The van der Waals surface area contributed by atoms with Crippen LogP contribution in [0.25, 0.3) is 0 Å². The zero-order chi connectivity index (χ0) is 13.7. The molecular weight excluding hydrogens is 240 g/mol. The molecule has 0 radical (unpaired) electrons. The van der Waals surface area contributed by atoms with E-state index >= 15 is 0 Å². The monoisotopic (exact) mass is 260 g/mol. The molecule has 0 bridgehead atoms. The molecule has 19 heavy (non-hydrogen) atoms. The summed E-state index contributed by atoms with van der Waals surface area (Å²) in [5.74, 6) is 0.848. The third kappa shape index (κ3) is 3.79. The minimum atomic E-state index is -0.0196. The normalized spacial score (nSPS) is 14.8. The molecule has 5 nitrogen and oxygen atoms in total. The molecule has 1 aromatic rings. The van der Waals surface area contributed by atoms with Gasteiger partial charge in [0.25, 0.3) is 0 Å². The molecule has 0 aromatic heterocycles. The number of rotatable bonds is 4. The fraction of sp³-hybridized carbons (Fsp3) is 0.429. The number of likely N-dealkylation sites (N-methyl/N-ethyl adjacent to an activating group) is 1. The Morgan fingerprint density at radius 3 is 2.89 bits per heavy atom. The van der Waals surface area contributed by atoms with Crippen LogP contribution in [0, 0.1) is 0 Å². The largest absolute Gasteiger partial charge is 0.370 e. The summed E-state index contributed by atoms with van der Waals surface area (Å²) in [6, 6.07) is 7.75. The number of carbonyl (C=O) groups is 1. The van der Waals surface area contributed by atoms with Gasteiger partial charge in [-0.3, -0.25) is 9.79 Å². The lowest BCUT2D eigenvalue weighted by molar-refractivity contribution is -0.116. The third-order valence-electron chi connectivity index (χ3n) is 2.81. The van der Waals surface area contributed by atoms with Crippen molar-refractivity contribution >= 4 is 17.4 Å². The van der Waals surface area contributed by atoms with Gasteiger partial charge in [0.1, 0.15) is 5.84 Å². The molecule has 1 aliphatic heterocycles. The Morgan fingerprint density at radius 2 is 2.21 bits per heavy atom. The average molecular weight is 260 g/mol. The van der Waals surface area contributed by atoms with Gasteiger partial charge in [-0.05, 0) is 32.6 Å². The first-order valence-corrected chi connectivity index (χ1v) is 6.49. The van der Waals surface area contributed by atoms with Crippen molar-refractivity contribution in [2.24, 2.45) is 4.99 Å². The van der Waals surface area contributed by atoms with E-state index in [1.54, 1.807) is 0 Å². The highest BCUT2D eigenvalue weighted by atomic mass is 16.2. The van der Waals surface area contributed by atoms with E-state index in [0.29, 0.717) is 6.54 Å². The molecule has 0 saturated carbocycles. The summed E-state index contributed by atoms with van der Waals surface area (Å²) in [6.45, 7) is 2.13. The molecule has 5 heteroatoms. The third-order valence-corrected chi connectivity index (χ3v) is 2.81. The Kier molecular flexibility index (Phi) is 4.52. The van der Waals surface area contributed by atoms with Crippen molar-refractivity contribution in [2.75, 3.05) is 39.0 Å². The summed E-state index contributed by atoms with van der Waals surface area (Å²) in [5.41, 5.74) is 1.76. The van der Waals surface area contributed by atoms with Gasteiger partial charge in [-0.2, -0.15) is 0 Å². The van der Waals surface area contributed by atoms with Gasteiger partial charge in [-0.1, -0.05) is 12.1 Å². The fourth-order valence-electron chi connectivity index (χ4n) is 1.99. The Morgan fingerprint density at radius 1 is 1.42 bits per heavy atom. The first-order valence-electron chi connectivity index (χ1n) is 6.49. The van der Waals surface area contributed by atoms with Crippen LogP contribution in [-0.2, 0) is 4.79 Å². The Balaban J connectivity index is 2.16. The molecule has 0 unspecified atom stereocenters. The number of anilines is 1. The molecule has 1 aliphatic rings. The van der Waals surface area contributed by atoms with E-state index < -0.39 is 0 Å². The number of aliphatic imine (C=N–C) groups is 1. The topological polar surface area (TPSA) is 56.7 Å². The number of para-hydroxylation sites is 1. The highest BCUT2D eigenvalue weighted by Gasteiger charge is 2.13.